The highest BCUT2D eigenvalue weighted by Gasteiger charge is 2.43. The summed E-state index contributed by atoms with van der Waals surface area (Å²) in [6.07, 6.45) is -2.98. The fraction of sp³-hybridized carbons (Fsp3) is 0.306. The molecule has 0 aliphatic heterocycles. The second-order valence-corrected chi connectivity index (χ2v) is 32.7. The summed E-state index contributed by atoms with van der Waals surface area (Å²) in [5.74, 6) is -8.14. The Labute approximate surface area is 694 Å². The van der Waals surface area contributed by atoms with Gasteiger partial charge in [0.05, 0.1) is 84.5 Å². The van der Waals surface area contributed by atoms with Gasteiger partial charge in [0.15, 0.2) is 11.6 Å². The molecule has 12 rings (SSSR count). The summed E-state index contributed by atoms with van der Waals surface area (Å²) >= 11 is 3.09. The molecule has 8 atom stereocenters. The Hall–Kier alpha value is -11.1. The number of rotatable bonds is 35. The van der Waals surface area contributed by atoms with Gasteiger partial charge in [-0.15, -0.1) is 23.5 Å². The van der Waals surface area contributed by atoms with Crippen LogP contribution in [0, 0.1) is 35.5 Å². The van der Waals surface area contributed by atoms with Crippen molar-refractivity contribution >= 4 is 70.8 Å². The maximum absolute atomic E-state index is 14.4. The average molecular weight is 1610 g/mol. The highest BCUT2D eigenvalue weighted by molar-refractivity contribution is 8.01. The number of carbonyl (C=O) groups excluding carboxylic acids is 7. The lowest BCUT2D eigenvalue weighted by molar-refractivity contribution is -0.153. The molecule has 0 unspecified atom stereocenters. The number of ether oxygens (including phenoxy) is 4. The predicted molar refractivity (Wildman–Crippen MR) is 460 cm³/mol. The van der Waals surface area contributed by atoms with Crippen molar-refractivity contribution in [2.75, 3.05) is 38.9 Å². The van der Waals surface area contributed by atoms with Crippen molar-refractivity contribution in [3.05, 3.63) is 335 Å². The fourth-order valence-electron chi connectivity index (χ4n) is 15.4. The number of amides is 1. The number of Topliss-reactive ketones (excluding diaryl/α,β-unsaturated/α-hetero) is 2. The number of thioether (sulfide) groups is 2. The molecule has 0 fully saturated rings. The topological polar surface area (TPSA) is 272 Å². The van der Waals surface area contributed by atoms with Crippen LogP contribution in [-0.2, 0) is 66.8 Å². The number of aliphatic carboxylic acids is 1. The van der Waals surface area contributed by atoms with Gasteiger partial charge in [0.2, 0.25) is 5.91 Å². The molecule has 17 nitrogen and oxygen atoms in total. The molecule has 0 spiro atoms. The van der Waals surface area contributed by atoms with Gasteiger partial charge < -0.3 is 45.3 Å². The molecule has 2 aliphatic rings. The van der Waals surface area contributed by atoms with Crippen LogP contribution in [0.4, 0.5) is 0 Å². The number of benzene rings is 10. The normalized spacial score (nSPS) is 14.2. The lowest BCUT2D eigenvalue weighted by atomic mass is 9.84. The summed E-state index contributed by atoms with van der Waals surface area (Å²) in [6.45, 7) is 10.6. The molecule has 0 bridgehead atoms. The number of ketones is 2. The molecule has 10 aromatic carbocycles. The number of carbonyl (C=O) groups is 8. The van der Waals surface area contributed by atoms with Crippen LogP contribution >= 0.6 is 23.5 Å². The van der Waals surface area contributed by atoms with Crippen LogP contribution in [-0.4, -0.2) is 126 Å². The zero-order chi connectivity index (χ0) is 83.8. The number of hydrogen-bond donors (Lipinski definition) is 5. The highest BCUT2D eigenvalue weighted by Crippen LogP contribution is 2.52. The van der Waals surface area contributed by atoms with E-state index >= 15 is 0 Å². The minimum atomic E-state index is -1.17. The first-order valence-corrected chi connectivity index (χ1v) is 41.6. The molecule has 6 N–H and O–H groups in total. The minimum absolute atomic E-state index is 0.00122. The Morgan fingerprint density at radius 1 is 0.376 bits per heavy atom. The Balaban J connectivity index is 0.000000206. The van der Waals surface area contributed by atoms with Crippen LogP contribution in [0.1, 0.15) is 135 Å². The van der Waals surface area contributed by atoms with E-state index in [1.54, 1.807) is 25.6 Å². The number of fused-ring (bicyclic) bond motifs is 6. The van der Waals surface area contributed by atoms with E-state index in [4.69, 9.17) is 24.7 Å². The molecule has 2 aliphatic carbocycles. The Kier molecular flexibility index (Phi) is 31.8. The third-order valence-electron chi connectivity index (χ3n) is 21.9. The summed E-state index contributed by atoms with van der Waals surface area (Å²) in [5, 5.41) is 32.7. The molecule has 117 heavy (non-hydrogen) atoms. The van der Waals surface area contributed by atoms with Crippen molar-refractivity contribution in [1.82, 2.24) is 5.32 Å². The summed E-state index contributed by atoms with van der Waals surface area (Å²) < 4.78 is 19.7. The number of nitrogens with two attached hydrogens (primary N) is 1. The largest absolute Gasteiger partial charge is 0.481 e. The molecule has 0 aromatic heterocycles. The fourth-order valence-corrected chi connectivity index (χ4v) is 18.5. The number of carboxylic acid groups (broad SMARTS) is 1. The average Bonchev–Trinajstić information content (AvgIpc) is 1.53. The molecule has 0 saturated carbocycles. The van der Waals surface area contributed by atoms with Gasteiger partial charge >= 0.3 is 29.8 Å². The molecule has 0 saturated heterocycles. The van der Waals surface area contributed by atoms with E-state index in [1.807, 2.05) is 208 Å². The van der Waals surface area contributed by atoms with Gasteiger partial charge in [-0.1, -0.05) is 307 Å². The quantitative estimate of drug-likeness (QED) is 0.0140. The van der Waals surface area contributed by atoms with E-state index in [9.17, 15) is 53.7 Å². The number of hydrogen-bond acceptors (Lipinski definition) is 17. The monoisotopic (exact) mass is 1610 g/mol. The third-order valence-corrected chi connectivity index (χ3v) is 25.3. The van der Waals surface area contributed by atoms with Crippen molar-refractivity contribution in [1.29, 1.82) is 0 Å². The maximum Gasteiger partial charge on any atom is 0.311 e. The molecular weight excluding hydrogens is 1510 g/mol. The minimum Gasteiger partial charge on any atom is -0.481 e. The van der Waals surface area contributed by atoms with Gasteiger partial charge in [0, 0.05) is 36.2 Å². The SMILES string of the molecule is CC(C)[C@H](CC(=O)OCC1c2ccccc2-c2ccccc21)C(=O)O.COC(=O)[C@H](CC(=O)[C@@H](CSC(c1ccccc1)(c1ccccc1)c1ccccc1)NC(=O)[C@H](CC(=O)OCC1c2ccccc2-c2ccccc21)C(C)C)[C@H](C)O.COC(=O)[C@H](CC(=O)[C@H](N)CSC(c1ccccc1)(c1ccccc1)c1ccccc1)[C@H](C)O. The summed E-state index contributed by atoms with van der Waals surface area (Å²) in [4.78, 5) is 103. The van der Waals surface area contributed by atoms with E-state index in [-0.39, 0.29) is 74.1 Å². The first-order valence-electron chi connectivity index (χ1n) is 39.6. The van der Waals surface area contributed by atoms with E-state index in [2.05, 4.69) is 90.2 Å². The van der Waals surface area contributed by atoms with Crippen molar-refractivity contribution in [2.24, 2.45) is 41.2 Å². The first-order chi connectivity index (χ1) is 56.4. The second-order valence-electron chi connectivity index (χ2n) is 30.2. The first kappa shape index (κ1) is 88.3. The zero-order valence-corrected chi connectivity index (χ0v) is 68.9. The Bertz CT molecular complexity index is 4670. The lowest BCUT2D eigenvalue weighted by Gasteiger charge is -2.37. The van der Waals surface area contributed by atoms with Crippen molar-refractivity contribution < 1.29 is 72.6 Å². The predicted octanol–water partition coefficient (Wildman–Crippen LogP) is 16.6. The molecule has 608 valence electrons. The molecule has 19 heteroatoms. The standard InChI is InChI=1S/C49H51NO7S.C28H31NO4S.C21H22O4/c1-32(2)41(29-46(53)57-30-43-39-26-16-14-24-37(39)38-25-15-17-27-40(38)43)47(54)50-44(45(52)28-42(33(3)51)48(55)56-4)31-58-49(34-18-8-5-9-19-34,35-20-10-6-11-21-35)36-22-12-7-13-23-36;1-20(30)24(27(32)33-2)18-26(31)25(29)19-34-28(21-12-6-3-7-13-21,22-14-8-4-9-15-22)23-16-10-5-11-17-23;1-13(2)18(21(23)24)11-20(22)25-12-19-16-9-5-3-7-14(16)15-8-4-6-10-17(15)19/h5-27,32-33,41-44,51H,28-31H2,1-4H3,(H,50,54);3-17,20,24-25,30H,18-19,29H2,1-2H3;3-10,13,18-19H,11-12H2,1-2H3,(H,23,24)/t33-,41+,42+,44+;20-,24+,25+;18-/m000/s1. The molecule has 0 heterocycles. The number of carboxylic acids is 1. The van der Waals surface area contributed by atoms with Crippen molar-refractivity contribution in [3.8, 4) is 22.3 Å². The van der Waals surface area contributed by atoms with Crippen LogP contribution in [0.25, 0.3) is 22.3 Å². The zero-order valence-electron chi connectivity index (χ0n) is 67.3. The lowest BCUT2D eigenvalue weighted by Crippen LogP contribution is -2.48. The van der Waals surface area contributed by atoms with Gasteiger partial charge in [-0.05, 0) is 104 Å². The molecule has 10 aromatic rings. The number of methoxy groups -OCH3 is 2. The summed E-state index contributed by atoms with van der Waals surface area (Å²) in [6, 6.07) is 91.0. The Morgan fingerprint density at radius 2 is 0.650 bits per heavy atom. The van der Waals surface area contributed by atoms with Gasteiger partial charge in [-0.2, -0.15) is 0 Å². The van der Waals surface area contributed by atoms with E-state index in [0.29, 0.717) is 5.75 Å². The number of esters is 4. The third kappa shape index (κ3) is 21.6. The van der Waals surface area contributed by atoms with Crippen LogP contribution in [0.3, 0.4) is 0 Å². The summed E-state index contributed by atoms with van der Waals surface area (Å²) in [5.41, 5.74) is 21.6. The number of aliphatic hydroxyl groups is 2. The van der Waals surface area contributed by atoms with E-state index in [0.717, 1.165) is 66.8 Å². The van der Waals surface area contributed by atoms with Crippen LogP contribution in [0.5, 0.6) is 0 Å². The van der Waals surface area contributed by atoms with Gasteiger partial charge in [-0.25, -0.2) is 0 Å². The smallest absolute Gasteiger partial charge is 0.311 e. The van der Waals surface area contributed by atoms with E-state index < -0.39 is 99.0 Å². The van der Waals surface area contributed by atoms with Gasteiger partial charge in [0.1, 0.15) is 13.2 Å². The molecular formula is C98H104N2O15S2. The number of nitrogens with one attached hydrogen (secondary N) is 1. The summed E-state index contributed by atoms with van der Waals surface area (Å²) in [7, 11) is 2.45. The van der Waals surface area contributed by atoms with E-state index in [1.165, 1.54) is 51.0 Å². The van der Waals surface area contributed by atoms with Crippen LogP contribution < -0.4 is 11.1 Å². The van der Waals surface area contributed by atoms with Gasteiger partial charge in [-0.3, -0.25) is 38.4 Å². The highest BCUT2D eigenvalue weighted by atomic mass is 32.2. The second kappa shape index (κ2) is 42.2. The Morgan fingerprint density at radius 3 is 0.932 bits per heavy atom. The van der Waals surface area contributed by atoms with Crippen LogP contribution in [0.15, 0.2) is 279 Å². The van der Waals surface area contributed by atoms with Crippen molar-refractivity contribution in [2.45, 2.75) is 113 Å². The molecule has 0 radical (unpaired) electrons. The van der Waals surface area contributed by atoms with Crippen molar-refractivity contribution in [3.63, 3.8) is 0 Å². The number of aliphatic hydroxyl groups excluding tert-OH is 2. The van der Waals surface area contributed by atoms with Gasteiger partial charge in [0.25, 0.3) is 0 Å². The van der Waals surface area contributed by atoms with Crippen LogP contribution in [0.2, 0.25) is 0 Å². The molecule has 1 amide bonds. The maximum atomic E-state index is 14.4.